The third-order valence-corrected chi connectivity index (χ3v) is 3.91. The van der Waals surface area contributed by atoms with Gasteiger partial charge >= 0.3 is 12.1 Å². The Morgan fingerprint density at radius 3 is 2.10 bits per heavy atom. The molecule has 0 aliphatic rings. The van der Waals surface area contributed by atoms with E-state index in [-0.39, 0.29) is 13.1 Å². The molecule has 150 valence electrons. The number of carbonyl (C=O) groups excluding carboxylic acids is 2. The summed E-state index contributed by atoms with van der Waals surface area (Å²) < 4.78 is 39.3. The Morgan fingerprint density at radius 2 is 1.52 bits per heavy atom. The second-order valence-electron chi connectivity index (χ2n) is 6.05. The minimum Gasteiger partial charge on any atom is -0.346 e. The molecule has 2 aromatic carbocycles. The van der Waals surface area contributed by atoms with Crippen molar-refractivity contribution in [3.63, 3.8) is 0 Å². The van der Waals surface area contributed by atoms with Gasteiger partial charge in [0.05, 0.1) is 6.54 Å². The van der Waals surface area contributed by atoms with E-state index >= 15 is 0 Å². The molecule has 0 saturated carbocycles. The molecule has 0 bridgehead atoms. The summed E-state index contributed by atoms with van der Waals surface area (Å²) in [6, 6.07) is 17.7. The molecule has 0 aliphatic heterocycles. The van der Waals surface area contributed by atoms with Crippen LogP contribution in [0.25, 0.3) is 0 Å². The van der Waals surface area contributed by atoms with Crippen LogP contribution in [0.1, 0.15) is 21.6 Å². The highest BCUT2D eigenvalue weighted by molar-refractivity contribution is 6.02. The third kappa shape index (κ3) is 5.18. The average Bonchev–Trinajstić information content (AvgIpc) is 3.09. The fraction of sp³-hybridized carbons (Fsp3) is 0.158. The normalized spacial score (nSPS) is 11.1. The van der Waals surface area contributed by atoms with Crippen molar-refractivity contribution in [2.45, 2.75) is 19.3 Å². The van der Waals surface area contributed by atoms with E-state index in [1.165, 1.54) is 0 Å². The summed E-state index contributed by atoms with van der Waals surface area (Å²) in [7, 11) is 0. The first-order valence-corrected chi connectivity index (χ1v) is 8.52. The Morgan fingerprint density at radius 1 is 0.931 bits per heavy atom. The number of hydrogen-bond donors (Lipinski definition) is 2. The van der Waals surface area contributed by atoms with Crippen LogP contribution in [0.5, 0.6) is 0 Å². The molecule has 0 saturated heterocycles. The summed E-state index contributed by atoms with van der Waals surface area (Å²) in [5, 5.41) is 11.7. The molecule has 3 aromatic rings. The zero-order chi connectivity index (χ0) is 20.9. The van der Waals surface area contributed by atoms with Crippen molar-refractivity contribution < 1.29 is 22.8 Å². The first kappa shape index (κ1) is 20.1. The molecule has 7 nitrogen and oxygen atoms in total. The van der Waals surface area contributed by atoms with Crippen molar-refractivity contribution in [1.29, 1.82) is 0 Å². The quantitative estimate of drug-likeness (QED) is 0.663. The third-order valence-electron chi connectivity index (χ3n) is 3.91. The van der Waals surface area contributed by atoms with Crippen molar-refractivity contribution in [3.05, 3.63) is 77.5 Å². The van der Waals surface area contributed by atoms with E-state index in [0.717, 1.165) is 10.2 Å². The maximum Gasteiger partial charge on any atom is 0.471 e. The van der Waals surface area contributed by atoms with Gasteiger partial charge < -0.3 is 10.6 Å². The smallest absolute Gasteiger partial charge is 0.346 e. The Kier molecular flexibility index (Phi) is 5.91. The second kappa shape index (κ2) is 8.55. The molecule has 1 aromatic heterocycles. The molecule has 10 heteroatoms. The standard InChI is InChI=1S/C19H16F3N5O2/c20-19(21,22)18(29)24-16-15(17(28)23-11-13-7-3-1-4-8-13)25-26-27(16)12-14-9-5-2-6-10-14/h1-10H,11-12H2,(H,23,28)(H,24,29). The minimum absolute atomic E-state index is 0.0211. The maximum absolute atomic E-state index is 12.7. The summed E-state index contributed by atoms with van der Waals surface area (Å²) in [6.45, 7) is 0.158. The summed E-state index contributed by atoms with van der Waals surface area (Å²) >= 11 is 0. The van der Waals surface area contributed by atoms with Crippen LogP contribution >= 0.6 is 0 Å². The topological polar surface area (TPSA) is 88.9 Å². The second-order valence-corrected chi connectivity index (χ2v) is 6.05. The first-order valence-electron chi connectivity index (χ1n) is 8.52. The van der Waals surface area contributed by atoms with Crippen LogP contribution in [-0.4, -0.2) is 33.0 Å². The van der Waals surface area contributed by atoms with Crippen LogP contribution < -0.4 is 10.6 Å². The summed E-state index contributed by atoms with van der Waals surface area (Å²) in [5.41, 5.74) is 1.09. The van der Waals surface area contributed by atoms with E-state index in [4.69, 9.17) is 0 Å². The van der Waals surface area contributed by atoms with Crippen molar-refractivity contribution in [1.82, 2.24) is 20.3 Å². The monoisotopic (exact) mass is 403 g/mol. The summed E-state index contributed by atoms with van der Waals surface area (Å²) in [4.78, 5) is 23.9. The number of nitrogens with zero attached hydrogens (tertiary/aromatic N) is 3. The van der Waals surface area contributed by atoms with Gasteiger partial charge in [-0.25, -0.2) is 4.68 Å². The molecule has 0 spiro atoms. The van der Waals surface area contributed by atoms with E-state index in [1.54, 1.807) is 59.9 Å². The van der Waals surface area contributed by atoms with Crippen LogP contribution in [0.2, 0.25) is 0 Å². The number of hydrogen-bond acceptors (Lipinski definition) is 4. The van der Waals surface area contributed by atoms with Crippen LogP contribution in [0.15, 0.2) is 60.7 Å². The SMILES string of the molecule is O=C(NCc1ccccc1)c1nnn(Cc2ccccc2)c1NC(=O)C(F)(F)F. The van der Waals surface area contributed by atoms with Gasteiger partial charge in [0, 0.05) is 6.54 Å². The fourth-order valence-corrected chi connectivity index (χ4v) is 2.50. The number of halogens is 3. The predicted octanol–water partition coefficient (Wildman–Crippen LogP) is 2.76. The number of nitrogens with one attached hydrogen (secondary N) is 2. The molecular weight excluding hydrogens is 387 g/mol. The number of carbonyl (C=O) groups is 2. The van der Waals surface area contributed by atoms with Gasteiger partial charge in [-0.3, -0.25) is 9.59 Å². The molecule has 0 fully saturated rings. The highest BCUT2D eigenvalue weighted by Crippen LogP contribution is 2.21. The van der Waals surface area contributed by atoms with E-state index in [2.05, 4.69) is 15.6 Å². The first-order chi connectivity index (χ1) is 13.8. The molecule has 0 unspecified atom stereocenters. The van der Waals surface area contributed by atoms with E-state index < -0.39 is 29.5 Å². The van der Waals surface area contributed by atoms with Gasteiger partial charge in [-0.1, -0.05) is 65.9 Å². The van der Waals surface area contributed by atoms with Gasteiger partial charge in [-0.05, 0) is 11.1 Å². The highest BCUT2D eigenvalue weighted by Gasteiger charge is 2.40. The van der Waals surface area contributed by atoms with Gasteiger partial charge in [0.2, 0.25) is 0 Å². The molecule has 1 heterocycles. The van der Waals surface area contributed by atoms with Gasteiger partial charge in [0.1, 0.15) is 0 Å². The van der Waals surface area contributed by atoms with Crippen molar-refractivity contribution in [2.24, 2.45) is 0 Å². The van der Waals surface area contributed by atoms with E-state index in [9.17, 15) is 22.8 Å². The largest absolute Gasteiger partial charge is 0.471 e. The molecular formula is C19H16F3N5O2. The van der Waals surface area contributed by atoms with Crippen LogP contribution in [0.3, 0.4) is 0 Å². The number of anilines is 1. The maximum atomic E-state index is 12.7. The molecule has 2 amide bonds. The Bertz CT molecular complexity index is 988. The highest BCUT2D eigenvalue weighted by atomic mass is 19.4. The Labute approximate surface area is 163 Å². The lowest BCUT2D eigenvalue weighted by Crippen LogP contribution is -2.32. The Balaban J connectivity index is 1.85. The number of rotatable bonds is 6. The number of aromatic nitrogens is 3. The Hall–Kier alpha value is -3.69. The van der Waals surface area contributed by atoms with Crippen LogP contribution in [0.4, 0.5) is 19.0 Å². The van der Waals surface area contributed by atoms with Gasteiger partial charge in [-0.2, -0.15) is 13.2 Å². The summed E-state index contributed by atoms with van der Waals surface area (Å²) in [5.74, 6) is -3.40. The van der Waals surface area contributed by atoms with Gasteiger partial charge in [0.15, 0.2) is 11.5 Å². The number of benzene rings is 2. The molecule has 3 rings (SSSR count). The molecule has 0 aliphatic carbocycles. The lowest BCUT2D eigenvalue weighted by atomic mass is 10.2. The average molecular weight is 403 g/mol. The van der Waals surface area contributed by atoms with Crippen molar-refractivity contribution >= 4 is 17.6 Å². The number of alkyl halides is 3. The summed E-state index contributed by atoms with van der Waals surface area (Å²) in [6.07, 6.45) is -5.13. The van der Waals surface area contributed by atoms with Crippen molar-refractivity contribution in [2.75, 3.05) is 5.32 Å². The fourth-order valence-electron chi connectivity index (χ4n) is 2.50. The minimum atomic E-state index is -5.13. The van der Waals surface area contributed by atoms with Gasteiger partial charge in [-0.15, -0.1) is 5.10 Å². The number of amides is 2. The van der Waals surface area contributed by atoms with E-state index in [1.807, 2.05) is 6.07 Å². The lowest BCUT2D eigenvalue weighted by Gasteiger charge is -2.11. The van der Waals surface area contributed by atoms with Crippen LogP contribution in [-0.2, 0) is 17.9 Å². The molecule has 2 N–H and O–H groups in total. The van der Waals surface area contributed by atoms with Crippen molar-refractivity contribution in [3.8, 4) is 0 Å². The zero-order valence-corrected chi connectivity index (χ0v) is 15.0. The lowest BCUT2D eigenvalue weighted by molar-refractivity contribution is -0.167. The molecule has 0 atom stereocenters. The van der Waals surface area contributed by atoms with Crippen LogP contribution in [0, 0.1) is 0 Å². The van der Waals surface area contributed by atoms with Gasteiger partial charge in [0.25, 0.3) is 5.91 Å². The molecule has 0 radical (unpaired) electrons. The van der Waals surface area contributed by atoms with E-state index in [0.29, 0.717) is 5.56 Å². The zero-order valence-electron chi connectivity index (χ0n) is 15.0. The molecule has 29 heavy (non-hydrogen) atoms. The predicted molar refractivity (Wildman–Crippen MR) is 97.9 cm³/mol.